The molecule has 0 aliphatic carbocycles. The molecule has 1 heterocycles. The van der Waals surface area contributed by atoms with Crippen molar-refractivity contribution in [3.63, 3.8) is 0 Å². The largest absolute Gasteiger partial charge is 0.351 e. The average Bonchev–Trinajstić information content (AvgIpc) is 2.32. The van der Waals surface area contributed by atoms with Crippen LogP contribution in [0.4, 0.5) is 10.5 Å². The number of sulfone groups is 1. The van der Waals surface area contributed by atoms with Crippen LogP contribution in [0.3, 0.4) is 0 Å². The fourth-order valence-corrected chi connectivity index (χ4v) is 3.59. The van der Waals surface area contributed by atoms with E-state index >= 15 is 0 Å². The van der Waals surface area contributed by atoms with Crippen LogP contribution in [-0.2, 0) is 9.84 Å². The van der Waals surface area contributed by atoms with Crippen LogP contribution < -0.4 is 10.6 Å². The molecule has 1 aliphatic heterocycles. The summed E-state index contributed by atoms with van der Waals surface area (Å²) in [6, 6.07) is 5.59. The lowest BCUT2D eigenvalue weighted by molar-refractivity contribution is 0.251. The fraction of sp³-hybridized carbons (Fsp3) is 0.300. The second-order valence-corrected chi connectivity index (χ2v) is 6.54. The zero-order chi connectivity index (χ0) is 12.1. The van der Waals surface area contributed by atoms with E-state index in [2.05, 4.69) is 0 Å². The number of rotatable bonds is 0. The van der Waals surface area contributed by atoms with Crippen LogP contribution in [0, 0.1) is 0 Å². The van der Waals surface area contributed by atoms with Crippen LogP contribution in [0.25, 0.3) is 0 Å². The van der Waals surface area contributed by atoms with Crippen molar-refractivity contribution in [3.8, 4) is 0 Å². The van der Waals surface area contributed by atoms with E-state index in [9.17, 15) is 13.2 Å². The predicted molar refractivity (Wildman–Crippen MR) is 59.8 cm³/mol. The van der Waals surface area contributed by atoms with Gasteiger partial charge >= 0.3 is 6.03 Å². The van der Waals surface area contributed by atoms with Crippen LogP contribution in [0.5, 0.6) is 0 Å². The topological polar surface area (TPSA) is 80.5 Å². The van der Waals surface area contributed by atoms with Gasteiger partial charge in [0, 0.05) is 0 Å². The number of fused-ring (bicyclic) bond motifs is 1. The SMILES string of the molecule is CC1(C)N(C(N)=O)c2ccccc2S1(=O)=O. The Hall–Kier alpha value is -1.56. The summed E-state index contributed by atoms with van der Waals surface area (Å²) in [6.07, 6.45) is 0. The average molecular weight is 240 g/mol. The van der Waals surface area contributed by atoms with E-state index in [-0.39, 0.29) is 4.90 Å². The van der Waals surface area contributed by atoms with Gasteiger partial charge < -0.3 is 5.73 Å². The summed E-state index contributed by atoms with van der Waals surface area (Å²) in [5.41, 5.74) is 5.58. The monoisotopic (exact) mass is 240 g/mol. The summed E-state index contributed by atoms with van der Waals surface area (Å²) in [5, 5.41) is 0. The number of benzene rings is 1. The summed E-state index contributed by atoms with van der Waals surface area (Å²) in [5.74, 6) is 0. The number of hydrogen-bond donors (Lipinski definition) is 1. The standard InChI is InChI=1S/C10H12N2O3S/c1-10(2)12(9(11)13)7-5-3-4-6-8(7)16(10,14)15/h3-6H,1-2H3,(H2,11,13). The molecule has 1 aromatic carbocycles. The number of nitrogens with two attached hydrogens (primary N) is 1. The van der Waals surface area contributed by atoms with Crippen LogP contribution in [0.15, 0.2) is 29.2 Å². The molecule has 0 saturated carbocycles. The first-order valence-corrected chi connectivity index (χ1v) is 6.22. The summed E-state index contributed by atoms with van der Waals surface area (Å²) in [6.45, 7) is 2.93. The van der Waals surface area contributed by atoms with Crippen LogP contribution >= 0.6 is 0 Å². The summed E-state index contributed by atoms with van der Waals surface area (Å²) in [7, 11) is -3.55. The number of primary amides is 1. The summed E-state index contributed by atoms with van der Waals surface area (Å²) < 4.78 is 24.3. The third-order valence-electron chi connectivity index (χ3n) is 2.81. The molecule has 0 radical (unpaired) electrons. The molecule has 0 fully saturated rings. The Kier molecular flexibility index (Phi) is 2.03. The number of anilines is 1. The molecule has 0 saturated heterocycles. The molecule has 0 aromatic heterocycles. The number of carbonyl (C=O) groups is 1. The van der Waals surface area contributed by atoms with Crippen molar-refractivity contribution in [1.82, 2.24) is 0 Å². The third kappa shape index (κ3) is 1.10. The Bertz CT molecular complexity index is 563. The Morgan fingerprint density at radius 2 is 1.88 bits per heavy atom. The highest BCUT2D eigenvalue weighted by Crippen LogP contribution is 2.44. The van der Waals surface area contributed by atoms with Gasteiger partial charge in [0.15, 0.2) is 0 Å². The van der Waals surface area contributed by atoms with E-state index in [0.717, 1.165) is 4.90 Å². The maximum Gasteiger partial charge on any atom is 0.320 e. The third-order valence-corrected chi connectivity index (χ3v) is 5.23. The molecule has 86 valence electrons. The van der Waals surface area contributed by atoms with Crippen LogP contribution in [0.2, 0.25) is 0 Å². The van der Waals surface area contributed by atoms with Crippen molar-refractivity contribution in [3.05, 3.63) is 24.3 Å². The highest BCUT2D eigenvalue weighted by atomic mass is 32.2. The molecule has 2 rings (SSSR count). The van der Waals surface area contributed by atoms with E-state index in [1.807, 2.05) is 0 Å². The van der Waals surface area contributed by atoms with E-state index < -0.39 is 20.7 Å². The van der Waals surface area contributed by atoms with Gasteiger partial charge in [0.05, 0.1) is 10.6 Å². The lowest BCUT2D eigenvalue weighted by Gasteiger charge is -2.28. The number of nitrogens with zero attached hydrogens (tertiary/aromatic N) is 1. The van der Waals surface area contributed by atoms with Gasteiger partial charge in [0.1, 0.15) is 4.87 Å². The lowest BCUT2D eigenvalue weighted by atomic mass is 10.2. The van der Waals surface area contributed by atoms with Crippen molar-refractivity contribution >= 4 is 21.6 Å². The van der Waals surface area contributed by atoms with Crippen molar-refractivity contribution in [1.29, 1.82) is 0 Å². The number of para-hydroxylation sites is 1. The quantitative estimate of drug-likeness (QED) is 0.737. The number of amides is 2. The van der Waals surface area contributed by atoms with Gasteiger partial charge in [-0.25, -0.2) is 13.2 Å². The number of carbonyl (C=O) groups excluding carboxylic acids is 1. The molecular weight excluding hydrogens is 228 g/mol. The highest BCUT2D eigenvalue weighted by Gasteiger charge is 2.51. The van der Waals surface area contributed by atoms with Gasteiger partial charge in [-0.15, -0.1) is 0 Å². The van der Waals surface area contributed by atoms with E-state index in [1.165, 1.54) is 19.9 Å². The molecule has 16 heavy (non-hydrogen) atoms. The van der Waals surface area contributed by atoms with Crippen molar-refractivity contribution < 1.29 is 13.2 Å². The van der Waals surface area contributed by atoms with Gasteiger partial charge in [-0.3, -0.25) is 4.90 Å². The van der Waals surface area contributed by atoms with Gasteiger partial charge in [-0.05, 0) is 26.0 Å². The zero-order valence-corrected chi connectivity index (χ0v) is 9.78. The Labute approximate surface area is 93.8 Å². The van der Waals surface area contributed by atoms with E-state index in [0.29, 0.717) is 5.69 Å². The van der Waals surface area contributed by atoms with Gasteiger partial charge in [0.25, 0.3) is 0 Å². The molecule has 0 spiro atoms. The first kappa shape index (κ1) is 10.9. The highest BCUT2D eigenvalue weighted by molar-refractivity contribution is 7.93. The van der Waals surface area contributed by atoms with Crippen molar-refractivity contribution in [2.75, 3.05) is 4.90 Å². The minimum atomic E-state index is -3.55. The number of urea groups is 1. The van der Waals surface area contributed by atoms with Gasteiger partial charge in [-0.2, -0.15) is 0 Å². The summed E-state index contributed by atoms with van der Waals surface area (Å²) >= 11 is 0. The Morgan fingerprint density at radius 1 is 1.31 bits per heavy atom. The Balaban J connectivity index is 2.82. The van der Waals surface area contributed by atoms with Gasteiger partial charge in [0.2, 0.25) is 9.84 Å². The maximum absolute atomic E-state index is 12.2. The second kappa shape index (κ2) is 2.98. The minimum Gasteiger partial charge on any atom is -0.351 e. The fourth-order valence-electron chi connectivity index (χ4n) is 1.93. The molecule has 2 amide bonds. The van der Waals surface area contributed by atoms with Gasteiger partial charge in [-0.1, -0.05) is 12.1 Å². The number of hydrogen-bond acceptors (Lipinski definition) is 3. The van der Waals surface area contributed by atoms with Crippen LogP contribution in [-0.4, -0.2) is 19.3 Å². The normalized spacial score (nSPS) is 20.5. The molecular formula is C10H12N2O3S. The molecule has 6 heteroatoms. The predicted octanol–water partition coefficient (Wildman–Crippen LogP) is 1.10. The van der Waals surface area contributed by atoms with E-state index in [1.54, 1.807) is 18.2 Å². The second-order valence-electron chi connectivity index (χ2n) is 4.09. The first-order chi connectivity index (χ1) is 7.30. The zero-order valence-electron chi connectivity index (χ0n) is 8.97. The molecule has 5 nitrogen and oxygen atoms in total. The van der Waals surface area contributed by atoms with E-state index in [4.69, 9.17) is 5.73 Å². The molecule has 1 aliphatic rings. The molecule has 0 atom stereocenters. The smallest absolute Gasteiger partial charge is 0.320 e. The minimum absolute atomic E-state index is 0.152. The van der Waals surface area contributed by atoms with Crippen molar-refractivity contribution in [2.45, 2.75) is 23.6 Å². The maximum atomic E-state index is 12.2. The molecule has 0 unspecified atom stereocenters. The lowest BCUT2D eigenvalue weighted by Crippen LogP contribution is -2.50. The molecule has 2 N–H and O–H groups in total. The Morgan fingerprint density at radius 3 is 2.44 bits per heavy atom. The first-order valence-electron chi connectivity index (χ1n) is 4.73. The van der Waals surface area contributed by atoms with Crippen molar-refractivity contribution in [2.24, 2.45) is 5.73 Å². The van der Waals surface area contributed by atoms with Crippen LogP contribution in [0.1, 0.15) is 13.8 Å². The molecule has 1 aromatic rings. The molecule has 0 bridgehead atoms. The summed E-state index contributed by atoms with van der Waals surface area (Å²) in [4.78, 5) is 11.3.